The fourth-order valence-electron chi connectivity index (χ4n) is 2.18. The van der Waals surface area contributed by atoms with E-state index in [1.807, 2.05) is 30.3 Å². The molecule has 0 N–H and O–H groups in total. The van der Waals surface area contributed by atoms with Gasteiger partial charge in [0, 0.05) is 17.2 Å². The molecule has 1 fully saturated rings. The van der Waals surface area contributed by atoms with Crippen LogP contribution in [0.15, 0.2) is 30.3 Å². The van der Waals surface area contributed by atoms with Crippen LogP contribution in [-0.4, -0.2) is 23.9 Å². The molecule has 17 heavy (non-hydrogen) atoms. The number of carbonyl (C=O) groups excluding carboxylic acids is 1. The number of rotatable bonds is 3. The van der Waals surface area contributed by atoms with E-state index in [1.165, 1.54) is 0 Å². The minimum atomic E-state index is -0.862. The molecule has 5 heteroatoms. The Morgan fingerprint density at radius 3 is 2.65 bits per heavy atom. The molecule has 0 radical (unpaired) electrons. The number of nitro groups is 1. The Balaban J connectivity index is 2.21. The zero-order chi connectivity index (χ0) is 12.5. The van der Waals surface area contributed by atoms with E-state index in [0.717, 1.165) is 5.69 Å². The number of amides is 1. The highest BCUT2D eigenvalue weighted by atomic mass is 16.6. The molecule has 1 saturated heterocycles. The molecule has 0 aliphatic carbocycles. The maximum atomic E-state index is 12.2. The summed E-state index contributed by atoms with van der Waals surface area (Å²) in [6.07, 6.45) is 0.529. The third-order valence-corrected chi connectivity index (χ3v) is 3.19. The average Bonchev–Trinajstić information content (AvgIpc) is 2.56. The molecule has 0 saturated carbocycles. The average molecular weight is 234 g/mol. The van der Waals surface area contributed by atoms with Gasteiger partial charge in [0.1, 0.15) is 5.41 Å². The summed E-state index contributed by atoms with van der Waals surface area (Å²) in [4.78, 5) is 24.0. The van der Waals surface area contributed by atoms with E-state index in [1.54, 1.807) is 11.8 Å². The van der Waals surface area contributed by atoms with Crippen molar-refractivity contribution in [2.45, 2.75) is 13.3 Å². The van der Waals surface area contributed by atoms with Gasteiger partial charge < -0.3 is 4.90 Å². The molecule has 1 aromatic carbocycles. The Bertz CT molecular complexity index is 446. The van der Waals surface area contributed by atoms with Gasteiger partial charge in [0.2, 0.25) is 12.5 Å². The van der Waals surface area contributed by atoms with E-state index < -0.39 is 10.3 Å². The van der Waals surface area contributed by atoms with Crippen LogP contribution in [0.5, 0.6) is 0 Å². The largest absolute Gasteiger partial charge is 0.312 e. The van der Waals surface area contributed by atoms with Crippen molar-refractivity contribution in [3.8, 4) is 0 Å². The minimum Gasteiger partial charge on any atom is -0.312 e. The molecular weight excluding hydrogens is 220 g/mol. The number of hydrogen-bond donors (Lipinski definition) is 0. The lowest BCUT2D eigenvalue weighted by Gasteiger charge is -2.20. The molecule has 1 heterocycles. The SMILES string of the molecule is C[C@]1(C[N+](=O)[O-])CCN(c2ccccc2)C1=O. The second-order valence-electron chi connectivity index (χ2n) is 4.59. The smallest absolute Gasteiger partial charge is 0.239 e. The lowest BCUT2D eigenvalue weighted by atomic mass is 9.89. The van der Waals surface area contributed by atoms with Gasteiger partial charge >= 0.3 is 0 Å². The van der Waals surface area contributed by atoms with Gasteiger partial charge in [-0.1, -0.05) is 18.2 Å². The van der Waals surface area contributed by atoms with Crippen molar-refractivity contribution in [1.82, 2.24) is 0 Å². The number of para-hydroxylation sites is 1. The van der Waals surface area contributed by atoms with Crippen LogP contribution in [0.2, 0.25) is 0 Å². The zero-order valence-corrected chi connectivity index (χ0v) is 9.63. The molecule has 5 nitrogen and oxygen atoms in total. The summed E-state index contributed by atoms with van der Waals surface area (Å²) in [6, 6.07) is 9.27. The van der Waals surface area contributed by atoms with Crippen molar-refractivity contribution in [3.63, 3.8) is 0 Å². The van der Waals surface area contributed by atoms with Gasteiger partial charge in [-0.15, -0.1) is 0 Å². The highest BCUT2D eigenvalue weighted by molar-refractivity contribution is 5.99. The fraction of sp³-hybridized carbons (Fsp3) is 0.417. The van der Waals surface area contributed by atoms with Gasteiger partial charge in [-0.25, -0.2) is 0 Å². The molecule has 1 atom stereocenters. The molecule has 1 aromatic rings. The second-order valence-corrected chi connectivity index (χ2v) is 4.59. The molecule has 0 aromatic heterocycles. The Labute approximate surface area is 99.2 Å². The molecule has 2 rings (SSSR count). The molecule has 90 valence electrons. The van der Waals surface area contributed by atoms with E-state index in [9.17, 15) is 14.9 Å². The Hall–Kier alpha value is -1.91. The molecule has 0 unspecified atom stereocenters. The highest BCUT2D eigenvalue weighted by Gasteiger charge is 2.47. The summed E-state index contributed by atoms with van der Waals surface area (Å²) in [5, 5.41) is 10.6. The second kappa shape index (κ2) is 4.16. The molecule has 0 bridgehead atoms. The Morgan fingerprint density at radius 1 is 1.41 bits per heavy atom. The standard InChI is InChI=1S/C12H14N2O3/c1-12(9-14(16)17)7-8-13(11(12)15)10-5-3-2-4-6-10/h2-6H,7-9H2,1H3/t12-/m1/s1. The fourth-order valence-corrected chi connectivity index (χ4v) is 2.18. The van der Waals surface area contributed by atoms with Crippen LogP contribution in [0.3, 0.4) is 0 Å². The maximum absolute atomic E-state index is 12.2. The predicted octanol–water partition coefficient (Wildman–Crippen LogP) is 1.71. The quantitative estimate of drug-likeness (QED) is 0.590. The summed E-state index contributed by atoms with van der Waals surface area (Å²) in [5.41, 5.74) is -0.0520. The first kappa shape index (κ1) is 11.6. The van der Waals surface area contributed by atoms with Gasteiger partial charge in [-0.3, -0.25) is 14.9 Å². The predicted molar refractivity (Wildman–Crippen MR) is 63.4 cm³/mol. The summed E-state index contributed by atoms with van der Waals surface area (Å²) in [5.74, 6) is -0.152. The molecular formula is C12H14N2O3. The number of nitrogens with zero attached hydrogens (tertiary/aromatic N) is 2. The summed E-state index contributed by atoms with van der Waals surface area (Å²) < 4.78 is 0. The van der Waals surface area contributed by atoms with Gasteiger partial charge in [0.05, 0.1) is 0 Å². The number of benzene rings is 1. The van der Waals surface area contributed by atoms with Crippen molar-refractivity contribution >= 4 is 11.6 Å². The monoisotopic (exact) mass is 234 g/mol. The van der Waals surface area contributed by atoms with E-state index in [-0.39, 0.29) is 12.5 Å². The topological polar surface area (TPSA) is 63.5 Å². The summed E-state index contributed by atoms with van der Waals surface area (Å²) in [6.45, 7) is 1.92. The molecule has 1 aliphatic heterocycles. The third-order valence-electron chi connectivity index (χ3n) is 3.19. The number of hydrogen-bond acceptors (Lipinski definition) is 3. The van der Waals surface area contributed by atoms with Crippen molar-refractivity contribution < 1.29 is 9.72 Å². The van der Waals surface area contributed by atoms with E-state index in [4.69, 9.17) is 0 Å². The van der Waals surface area contributed by atoms with E-state index in [0.29, 0.717) is 13.0 Å². The number of anilines is 1. The molecule has 1 aliphatic rings. The van der Waals surface area contributed by atoms with Crippen LogP contribution in [0.1, 0.15) is 13.3 Å². The Kier molecular flexibility index (Phi) is 2.83. The minimum absolute atomic E-state index is 0.152. The van der Waals surface area contributed by atoms with Crippen LogP contribution >= 0.6 is 0 Å². The molecule has 0 spiro atoms. The third kappa shape index (κ3) is 2.13. The maximum Gasteiger partial charge on any atom is 0.239 e. The van der Waals surface area contributed by atoms with Gasteiger partial charge in [0.25, 0.3) is 0 Å². The van der Waals surface area contributed by atoms with Crippen molar-refractivity contribution in [2.24, 2.45) is 5.41 Å². The first-order chi connectivity index (χ1) is 8.03. The van der Waals surface area contributed by atoms with Crippen molar-refractivity contribution in [3.05, 3.63) is 40.4 Å². The number of carbonyl (C=O) groups is 1. The van der Waals surface area contributed by atoms with Gasteiger partial charge in [-0.2, -0.15) is 0 Å². The summed E-state index contributed by atoms with van der Waals surface area (Å²) >= 11 is 0. The van der Waals surface area contributed by atoms with Crippen molar-refractivity contribution in [1.29, 1.82) is 0 Å². The highest BCUT2D eigenvalue weighted by Crippen LogP contribution is 2.34. The molecule has 1 amide bonds. The summed E-state index contributed by atoms with van der Waals surface area (Å²) in [7, 11) is 0. The Morgan fingerprint density at radius 2 is 2.06 bits per heavy atom. The van der Waals surface area contributed by atoms with Crippen LogP contribution in [0.4, 0.5) is 5.69 Å². The van der Waals surface area contributed by atoms with E-state index >= 15 is 0 Å². The van der Waals surface area contributed by atoms with Crippen LogP contribution in [-0.2, 0) is 4.79 Å². The van der Waals surface area contributed by atoms with Crippen molar-refractivity contribution in [2.75, 3.05) is 18.0 Å². The van der Waals surface area contributed by atoms with Crippen LogP contribution in [0, 0.1) is 15.5 Å². The van der Waals surface area contributed by atoms with E-state index in [2.05, 4.69) is 0 Å². The van der Waals surface area contributed by atoms with Gasteiger partial charge in [0.15, 0.2) is 0 Å². The first-order valence-corrected chi connectivity index (χ1v) is 5.52. The van der Waals surface area contributed by atoms with Crippen LogP contribution in [0.25, 0.3) is 0 Å². The first-order valence-electron chi connectivity index (χ1n) is 5.52. The normalized spacial score (nSPS) is 24.1. The lowest BCUT2D eigenvalue weighted by molar-refractivity contribution is -0.492. The van der Waals surface area contributed by atoms with Gasteiger partial charge in [-0.05, 0) is 25.5 Å². The lowest BCUT2D eigenvalue weighted by Crippen LogP contribution is -2.37. The van der Waals surface area contributed by atoms with Crippen LogP contribution < -0.4 is 4.90 Å². The zero-order valence-electron chi connectivity index (χ0n) is 9.63.